The van der Waals surface area contributed by atoms with E-state index in [1.54, 1.807) is 14.1 Å². The van der Waals surface area contributed by atoms with Crippen LogP contribution < -0.4 is 0 Å². The first kappa shape index (κ1) is 11.7. The van der Waals surface area contributed by atoms with E-state index in [1.807, 2.05) is 0 Å². The highest BCUT2D eigenvalue weighted by molar-refractivity contribution is 9.10. The Labute approximate surface area is 96.2 Å². The van der Waals surface area contributed by atoms with Crippen LogP contribution in [0, 0.1) is 17.8 Å². The molecule has 78 valence electrons. The van der Waals surface area contributed by atoms with E-state index in [-0.39, 0.29) is 5.56 Å². The van der Waals surface area contributed by atoms with Gasteiger partial charge in [-0.15, -0.1) is 0 Å². The van der Waals surface area contributed by atoms with Crippen molar-refractivity contribution in [1.82, 2.24) is 4.90 Å². The number of halogens is 2. The van der Waals surface area contributed by atoms with Crippen molar-refractivity contribution in [1.29, 1.82) is 0 Å². The Hall–Kier alpha value is -1.34. The second-order valence-corrected chi connectivity index (χ2v) is 4.00. The Morgan fingerprint density at radius 3 is 2.73 bits per heavy atom. The van der Waals surface area contributed by atoms with Crippen LogP contribution in [0.1, 0.15) is 10.4 Å². The number of ketones is 1. The van der Waals surface area contributed by atoms with Crippen LogP contribution in [-0.4, -0.2) is 24.8 Å². The number of carbonyl (C=O) groups is 1. The van der Waals surface area contributed by atoms with Gasteiger partial charge in [-0.2, -0.15) is 0 Å². The van der Waals surface area contributed by atoms with E-state index in [0.29, 0.717) is 4.47 Å². The third kappa shape index (κ3) is 3.37. The Morgan fingerprint density at radius 1 is 1.47 bits per heavy atom. The molecule has 0 spiro atoms. The predicted octanol–water partition coefficient (Wildman–Crippen LogP) is 2.29. The average Bonchev–Trinajstić information content (AvgIpc) is 2.18. The summed E-state index contributed by atoms with van der Waals surface area (Å²) >= 11 is 3.17. The van der Waals surface area contributed by atoms with Crippen molar-refractivity contribution in [3.05, 3.63) is 34.1 Å². The molecule has 2 nitrogen and oxygen atoms in total. The van der Waals surface area contributed by atoms with Gasteiger partial charge in [0.15, 0.2) is 0 Å². The van der Waals surface area contributed by atoms with E-state index in [9.17, 15) is 9.18 Å². The summed E-state index contributed by atoms with van der Waals surface area (Å²) in [5, 5.41) is 0. The zero-order valence-corrected chi connectivity index (χ0v) is 9.93. The minimum Gasteiger partial charge on any atom is -0.338 e. The molecule has 0 aliphatic heterocycles. The lowest BCUT2D eigenvalue weighted by molar-refractivity contribution is 0.105. The van der Waals surface area contributed by atoms with Gasteiger partial charge in [0.05, 0.1) is 5.56 Å². The highest BCUT2D eigenvalue weighted by Gasteiger charge is 2.09. The number of rotatable bonds is 1. The Morgan fingerprint density at radius 2 is 2.13 bits per heavy atom. The summed E-state index contributed by atoms with van der Waals surface area (Å²) in [5.74, 6) is 1.26. The van der Waals surface area contributed by atoms with E-state index in [4.69, 9.17) is 0 Å². The summed E-state index contributed by atoms with van der Waals surface area (Å²) in [4.78, 5) is 13.0. The minimum atomic E-state index is -0.559. The smallest absolute Gasteiger partial charge is 0.240 e. The van der Waals surface area contributed by atoms with E-state index in [2.05, 4.69) is 27.9 Å². The molecular formula is C11H9BrFNO. The first-order valence-electron chi connectivity index (χ1n) is 4.19. The van der Waals surface area contributed by atoms with Crippen LogP contribution in [0.25, 0.3) is 0 Å². The molecule has 0 unspecified atom stereocenters. The normalized spacial score (nSPS) is 9.07. The number of hydrogen-bond donors (Lipinski definition) is 0. The zero-order valence-electron chi connectivity index (χ0n) is 8.34. The van der Waals surface area contributed by atoms with Gasteiger partial charge in [0.25, 0.3) is 0 Å². The number of hydrogen-bond acceptors (Lipinski definition) is 2. The summed E-state index contributed by atoms with van der Waals surface area (Å²) in [7, 11) is 3.41. The largest absolute Gasteiger partial charge is 0.338 e. The molecule has 0 N–H and O–H groups in total. The fourth-order valence-corrected chi connectivity index (χ4v) is 1.26. The van der Waals surface area contributed by atoms with Crippen LogP contribution in [0.4, 0.5) is 4.39 Å². The third-order valence-corrected chi connectivity index (χ3v) is 2.06. The van der Waals surface area contributed by atoms with Crippen LogP contribution in [0.5, 0.6) is 0 Å². The first-order valence-corrected chi connectivity index (χ1v) is 4.98. The molecule has 0 bridgehead atoms. The van der Waals surface area contributed by atoms with Crippen LogP contribution in [-0.2, 0) is 0 Å². The van der Waals surface area contributed by atoms with Gasteiger partial charge >= 0.3 is 0 Å². The highest BCUT2D eigenvalue weighted by Crippen LogP contribution is 2.15. The van der Waals surface area contributed by atoms with Crippen molar-refractivity contribution in [2.75, 3.05) is 14.1 Å². The molecule has 0 saturated carbocycles. The minimum absolute atomic E-state index is 0.0151. The first-order chi connectivity index (χ1) is 7.00. The summed E-state index contributed by atoms with van der Waals surface area (Å²) in [6.45, 7) is 0. The number of Topliss-reactive ketones (excluding diaryl/α,β-unsaturated/α-hetero) is 1. The monoisotopic (exact) mass is 269 g/mol. The molecule has 0 heterocycles. The van der Waals surface area contributed by atoms with E-state index >= 15 is 0 Å². The Kier molecular flexibility index (Phi) is 3.87. The second kappa shape index (κ2) is 4.94. The summed E-state index contributed by atoms with van der Waals surface area (Å²) < 4.78 is 13.9. The number of carbonyl (C=O) groups excluding carboxylic acids is 1. The van der Waals surface area contributed by atoms with Gasteiger partial charge in [-0.3, -0.25) is 4.79 Å². The molecule has 0 fully saturated rings. The molecular weight excluding hydrogens is 261 g/mol. The van der Waals surface area contributed by atoms with E-state index in [0.717, 1.165) is 0 Å². The van der Waals surface area contributed by atoms with Gasteiger partial charge < -0.3 is 4.90 Å². The molecule has 4 heteroatoms. The topological polar surface area (TPSA) is 20.3 Å². The van der Waals surface area contributed by atoms with Crippen LogP contribution in [0.15, 0.2) is 22.7 Å². The van der Waals surface area contributed by atoms with Crippen LogP contribution in [0.3, 0.4) is 0 Å². The van der Waals surface area contributed by atoms with Gasteiger partial charge in [0.1, 0.15) is 5.82 Å². The fraction of sp³-hybridized carbons (Fsp3) is 0.182. The van der Waals surface area contributed by atoms with Crippen molar-refractivity contribution in [3.8, 4) is 12.0 Å². The molecule has 15 heavy (non-hydrogen) atoms. The van der Waals surface area contributed by atoms with Crippen LogP contribution in [0.2, 0.25) is 0 Å². The fourth-order valence-electron chi connectivity index (χ4n) is 0.901. The zero-order chi connectivity index (χ0) is 11.4. The van der Waals surface area contributed by atoms with Gasteiger partial charge in [-0.1, -0.05) is 15.9 Å². The quantitative estimate of drug-likeness (QED) is 0.443. The maximum atomic E-state index is 13.2. The van der Waals surface area contributed by atoms with E-state index in [1.165, 1.54) is 23.1 Å². The number of nitrogens with zero attached hydrogens (tertiary/aromatic N) is 1. The second-order valence-electron chi connectivity index (χ2n) is 3.08. The Balaban J connectivity index is 3.03. The van der Waals surface area contributed by atoms with Gasteiger partial charge in [0, 0.05) is 30.5 Å². The molecule has 0 atom stereocenters. The molecule has 0 aliphatic carbocycles. The molecule has 1 aromatic rings. The maximum absolute atomic E-state index is 13.2. The van der Waals surface area contributed by atoms with Gasteiger partial charge in [0.2, 0.25) is 5.78 Å². The van der Waals surface area contributed by atoms with Crippen molar-refractivity contribution >= 4 is 21.7 Å². The molecule has 1 aromatic carbocycles. The number of benzene rings is 1. The van der Waals surface area contributed by atoms with Crippen molar-refractivity contribution < 1.29 is 9.18 Å². The lowest BCUT2D eigenvalue weighted by atomic mass is 10.1. The molecule has 1 rings (SSSR count). The molecule has 0 radical (unpaired) electrons. The maximum Gasteiger partial charge on any atom is 0.240 e. The standard InChI is InChI=1S/C11H9BrFNO/c1-14(2)6-5-11(15)9-7-8(12)3-4-10(9)13/h3-4,7H,1-2H3. The van der Waals surface area contributed by atoms with Gasteiger partial charge in [-0.05, 0) is 18.2 Å². The van der Waals surface area contributed by atoms with Gasteiger partial charge in [-0.25, -0.2) is 4.39 Å². The highest BCUT2D eigenvalue weighted by atomic mass is 79.9. The summed E-state index contributed by atoms with van der Waals surface area (Å²) in [6, 6.07) is 6.72. The van der Waals surface area contributed by atoms with Crippen LogP contribution >= 0.6 is 15.9 Å². The summed E-state index contributed by atoms with van der Waals surface area (Å²) in [5.41, 5.74) is -0.0151. The molecule has 0 aromatic heterocycles. The van der Waals surface area contributed by atoms with E-state index < -0.39 is 11.6 Å². The lowest BCUT2D eigenvalue weighted by Gasteiger charge is -1.99. The Bertz CT molecular complexity index is 446. The SMILES string of the molecule is CN(C)C#CC(=O)c1cc(Br)ccc1F. The lowest BCUT2D eigenvalue weighted by Crippen LogP contribution is -2.04. The summed E-state index contributed by atoms with van der Waals surface area (Å²) in [6.07, 6.45) is 0. The van der Waals surface area contributed by atoms with Crippen molar-refractivity contribution in [3.63, 3.8) is 0 Å². The molecule has 0 amide bonds. The van der Waals surface area contributed by atoms with Crippen molar-refractivity contribution in [2.45, 2.75) is 0 Å². The third-order valence-electron chi connectivity index (χ3n) is 1.57. The molecule has 0 aliphatic rings. The predicted molar refractivity (Wildman–Crippen MR) is 59.9 cm³/mol. The molecule has 0 saturated heterocycles. The van der Waals surface area contributed by atoms with Crippen molar-refractivity contribution in [2.24, 2.45) is 0 Å². The average molecular weight is 270 g/mol.